The van der Waals surface area contributed by atoms with Crippen molar-refractivity contribution < 1.29 is 19.4 Å². The maximum Gasteiger partial charge on any atom is 0.237 e. The number of morpholine rings is 1. The van der Waals surface area contributed by atoms with E-state index in [0.717, 1.165) is 5.56 Å². The summed E-state index contributed by atoms with van der Waals surface area (Å²) in [5, 5.41) is 9.63. The first kappa shape index (κ1) is 17.9. The van der Waals surface area contributed by atoms with Crippen LogP contribution in [0.15, 0.2) is 30.3 Å². The summed E-state index contributed by atoms with van der Waals surface area (Å²) in [4.78, 5) is 16.5. The Morgan fingerprint density at radius 3 is 2.83 bits per heavy atom. The summed E-state index contributed by atoms with van der Waals surface area (Å²) in [6.45, 7) is 2.49. The molecule has 2 atom stereocenters. The van der Waals surface area contributed by atoms with Gasteiger partial charge in [-0.15, -0.1) is 0 Å². The number of likely N-dealkylation sites (N-methyl/N-ethyl adjacent to an activating group) is 1. The number of nitrogens with zero attached hydrogens (tertiary/aromatic N) is 2. The summed E-state index contributed by atoms with van der Waals surface area (Å²) in [6.07, 6.45) is -0.389. The van der Waals surface area contributed by atoms with E-state index in [1.807, 2.05) is 47.2 Å². The van der Waals surface area contributed by atoms with Crippen molar-refractivity contribution in [3.63, 3.8) is 0 Å². The molecule has 1 aromatic carbocycles. The van der Waals surface area contributed by atoms with Crippen molar-refractivity contribution in [2.45, 2.75) is 12.1 Å². The van der Waals surface area contributed by atoms with E-state index in [2.05, 4.69) is 0 Å². The Bertz CT molecular complexity index is 483. The number of benzene rings is 1. The van der Waals surface area contributed by atoms with E-state index in [1.165, 1.54) is 0 Å². The third kappa shape index (κ3) is 4.75. The molecule has 6 nitrogen and oxygen atoms in total. The minimum atomic E-state index is -0.389. The number of ether oxygens (including phenoxy) is 2. The van der Waals surface area contributed by atoms with Gasteiger partial charge in [0.1, 0.15) is 6.10 Å². The standard InChI is InChI=1S/C17H26N2O4/c1-18(8-10-22-2)12-16(21)19-9-11-23-15(13-20)17(19)14-6-4-3-5-7-14/h3-7,15,17,20H,8-13H2,1-2H3/t15-,17-/m1/s1. The van der Waals surface area contributed by atoms with Crippen LogP contribution in [0.25, 0.3) is 0 Å². The highest BCUT2D eigenvalue weighted by molar-refractivity contribution is 5.79. The SMILES string of the molecule is COCCN(C)CC(=O)N1CCO[C@H](CO)[C@H]1c1ccccc1. The highest BCUT2D eigenvalue weighted by Crippen LogP contribution is 2.29. The van der Waals surface area contributed by atoms with Crippen molar-refractivity contribution in [2.75, 3.05) is 53.6 Å². The molecule has 0 unspecified atom stereocenters. The number of amides is 1. The number of methoxy groups -OCH3 is 1. The molecule has 1 heterocycles. The van der Waals surface area contributed by atoms with Gasteiger partial charge in [-0.2, -0.15) is 0 Å². The number of carbonyl (C=O) groups is 1. The molecular formula is C17H26N2O4. The lowest BCUT2D eigenvalue weighted by Gasteiger charge is -2.41. The molecule has 1 N–H and O–H groups in total. The highest BCUT2D eigenvalue weighted by Gasteiger charge is 2.36. The van der Waals surface area contributed by atoms with E-state index in [-0.39, 0.29) is 24.7 Å². The Morgan fingerprint density at radius 1 is 1.43 bits per heavy atom. The third-order valence-corrected chi connectivity index (χ3v) is 4.08. The van der Waals surface area contributed by atoms with Crippen LogP contribution in [-0.2, 0) is 14.3 Å². The summed E-state index contributed by atoms with van der Waals surface area (Å²) in [7, 11) is 3.55. The predicted molar refractivity (Wildman–Crippen MR) is 87.1 cm³/mol. The third-order valence-electron chi connectivity index (χ3n) is 4.08. The number of aliphatic hydroxyl groups is 1. The van der Waals surface area contributed by atoms with Crippen LogP contribution < -0.4 is 0 Å². The van der Waals surface area contributed by atoms with Gasteiger partial charge in [0.2, 0.25) is 5.91 Å². The number of carbonyl (C=O) groups excluding carboxylic acids is 1. The zero-order chi connectivity index (χ0) is 16.7. The van der Waals surface area contributed by atoms with Crippen molar-refractivity contribution in [3.8, 4) is 0 Å². The van der Waals surface area contributed by atoms with Gasteiger partial charge in [0.05, 0.1) is 32.4 Å². The van der Waals surface area contributed by atoms with Crippen LogP contribution >= 0.6 is 0 Å². The van der Waals surface area contributed by atoms with Crippen LogP contribution in [0, 0.1) is 0 Å². The molecule has 128 valence electrons. The lowest BCUT2D eigenvalue weighted by Crippen LogP contribution is -2.51. The van der Waals surface area contributed by atoms with Gasteiger partial charge in [-0.05, 0) is 12.6 Å². The Morgan fingerprint density at radius 2 is 2.17 bits per heavy atom. The zero-order valence-corrected chi connectivity index (χ0v) is 13.9. The van der Waals surface area contributed by atoms with Gasteiger partial charge in [0.25, 0.3) is 0 Å². The van der Waals surface area contributed by atoms with Gasteiger partial charge >= 0.3 is 0 Å². The van der Waals surface area contributed by atoms with Gasteiger partial charge in [0.15, 0.2) is 0 Å². The molecule has 0 aromatic heterocycles. The summed E-state index contributed by atoms with van der Waals surface area (Å²) in [6, 6.07) is 9.50. The van der Waals surface area contributed by atoms with Gasteiger partial charge in [-0.1, -0.05) is 30.3 Å². The van der Waals surface area contributed by atoms with Crippen molar-refractivity contribution in [1.29, 1.82) is 0 Å². The number of hydrogen-bond donors (Lipinski definition) is 1. The first-order valence-corrected chi connectivity index (χ1v) is 7.91. The molecule has 6 heteroatoms. The molecule has 1 fully saturated rings. The fraction of sp³-hybridized carbons (Fsp3) is 0.588. The van der Waals surface area contributed by atoms with Crippen molar-refractivity contribution in [1.82, 2.24) is 9.80 Å². The summed E-state index contributed by atoms with van der Waals surface area (Å²) in [5.74, 6) is 0.0409. The van der Waals surface area contributed by atoms with Gasteiger partial charge in [0, 0.05) is 20.2 Å². The Hall–Kier alpha value is -1.47. The predicted octanol–water partition coefficient (Wildman–Crippen LogP) is 0.526. The molecule has 1 aromatic rings. The molecule has 1 saturated heterocycles. The Kier molecular flexibility index (Phi) is 6.98. The topological polar surface area (TPSA) is 62.2 Å². The quantitative estimate of drug-likeness (QED) is 0.793. The minimum Gasteiger partial charge on any atom is -0.394 e. The van der Waals surface area contributed by atoms with Gasteiger partial charge < -0.3 is 19.5 Å². The molecule has 1 aliphatic rings. The summed E-state index contributed by atoms with van der Waals surface area (Å²) in [5.41, 5.74) is 0.985. The van der Waals surface area contributed by atoms with E-state index in [0.29, 0.717) is 32.8 Å². The normalized spacial score (nSPS) is 21.7. The summed E-state index contributed by atoms with van der Waals surface area (Å²) >= 11 is 0. The van der Waals surface area contributed by atoms with E-state index in [9.17, 15) is 9.90 Å². The lowest BCUT2D eigenvalue weighted by molar-refractivity contribution is -0.150. The minimum absolute atomic E-state index is 0.0409. The molecule has 1 aliphatic heterocycles. The smallest absolute Gasteiger partial charge is 0.237 e. The molecule has 0 bridgehead atoms. The fourth-order valence-electron chi connectivity index (χ4n) is 2.86. The summed E-state index contributed by atoms with van der Waals surface area (Å²) < 4.78 is 10.7. The van der Waals surface area contributed by atoms with Crippen LogP contribution in [-0.4, -0.2) is 80.5 Å². The molecule has 23 heavy (non-hydrogen) atoms. The van der Waals surface area contributed by atoms with Crippen LogP contribution in [0.3, 0.4) is 0 Å². The second kappa shape index (κ2) is 8.98. The fourth-order valence-corrected chi connectivity index (χ4v) is 2.86. The maximum absolute atomic E-state index is 12.7. The van der Waals surface area contributed by atoms with E-state index in [1.54, 1.807) is 7.11 Å². The molecule has 1 amide bonds. The average Bonchev–Trinajstić information content (AvgIpc) is 2.59. The van der Waals surface area contributed by atoms with Crippen LogP contribution in [0.2, 0.25) is 0 Å². The van der Waals surface area contributed by atoms with Crippen molar-refractivity contribution in [3.05, 3.63) is 35.9 Å². The molecule has 0 radical (unpaired) electrons. The molecule has 0 aliphatic carbocycles. The first-order valence-electron chi connectivity index (χ1n) is 7.91. The van der Waals surface area contributed by atoms with E-state index < -0.39 is 0 Å². The van der Waals surface area contributed by atoms with E-state index in [4.69, 9.17) is 9.47 Å². The largest absolute Gasteiger partial charge is 0.394 e. The van der Waals surface area contributed by atoms with Gasteiger partial charge in [-0.25, -0.2) is 0 Å². The van der Waals surface area contributed by atoms with Crippen LogP contribution in [0.1, 0.15) is 11.6 Å². The molecule has 0 saturated carbocycles. The number of hydrogen-bond acceptors (Lipinski definition) is 5. The van der Waals surface area contributed by atoms with Crippen LogP contribution in [0.4, 0.5) is 0 Å². The van der Waals surface area contributed by atoms with E-state index >= 15 is 0 Å². The van der Waals surface area contributed by atoms with Gasteiger partial charge in [-0.3, -0.25) is 9.69 Å². The molecule has 2 rings (SSSR count). The zero-order valence-electron chi connectivity index (χ0n) is 13.9. The number of aliphatic hydroxyl groups excluding tert-OH is 1. The average molecular weight is 322 g/mol. The van der Waals surface area contributed by atoms with Crippen molar-refractivity contribution >= 4 is 5.91 Å². The lowest BCUT2D eigenvalue weighted by atomic mass is 9.98. The molecule has 0 spiro atoms. The monoisotopic (exact) mass is 322 g/mol. The van der Waals surface area contributed by atoms with Crippen molar-refractivity contribution in [2.24, 2.45) is 0 Å². The second-order valence-corrected chi connectivity index (χ2v) is 5.77. The molecular weight excluding hydrogens is 296 g/mol. The highest BCUT2D eigenvalue weighted by atomic mass is 16.5. The Labute approximate surface area is 137 Å². The number of rotatable bonds is 7. The van der Waals surface area contributed by atoms with Crippen LogP contribution in [0.5, 0.6) is 0 Å². The second-order valence-electron chi connectivity index (χ2n) is 5.77. The maximum atomic E-state index is 12.7. The first-order chi connectivity index (χ1) is 11.2. The Balaban J connectivity index is 2.11.